The third-order valence-electron chi connectivity index (χ3n) is 4.34. The van der Waals surface area contributed by atoms with Crippen LogP contribution < -0.4 is 11.2 Å². The quantitative estimate of drug-likeness (QED) is 0.725. The number of nitrogens with zero attached hydrogens (tertiary/aromatic N) is 3. The SMILES string of the molecule is [B]c1cc(C2(c3cncnc3)N=C(N)c3c(F)cccc32)ccc1F. The van der Waals surface area contributed by atoms with Crippen molar-refractivity contribution in [2.45, 2.75) is 5.54 Å². The second-order valence-corrected chi connectivity index (χ2v) is 5.73. The van der Waals surface area contributed by atoms with Gasteiger partial charge in [-0.25, -0.2) is 23.7 Å². The average molecular weight is 332 g/mol. The maximum absolute atomic E-state index is 14.4. The lowest BCUT2D eigenvalue weighted by molar-refractivity contribution is 0.611. The van der Waals surface area contributed by atoms with E-state index in [1.165, 1.54) is 24.5 Å². The topological polar surface area (TPSA) is 64.2 Å². The molecule has 1 unspecified atom stereocenters. The van der Waals surface area contributed by atoms with Crippen molar-refractivity contribution in [1.29, 1.82) is 0 Å². The van der Waals surface area contributed by atoms with Gasteiger partial charge in [-0.3, -0.25) is 0 Å². The number of amidine groups is 1. The fraction of sp³-hybridized carbons (Fsp3) is 0.0556. The van der Waals surface area contributed by atoms with Gasteiger partial charge in [0.2, 0.25) is 0 Å². The van der Waals surface area contributed by atoms with Crippen LogP contribution in [0.3, 0.4) is 0 Å². The lowest BCUT2D eigenvalue weighted by Crippen LogP contribution is -2.28. The molecule has 120 valence electrons. The fourth-order valence-corrected chi connectivity index (χ4v) is 3.24. The number of aliphatic imine (C=N–C) groups is 1. The molecule has 1 atom stereocenters. The summed E-state index contributed by atoms with van der Waals surface area (Å²) in [5.74, 6) is -0.968. The number of rotatable bonds is 2. The summed E-state index contributed by atoms with van der Waals surface area (Å²) in [6.07, 6.45) is 4.53. The first-order valence-corrected chi connectivity index (χ1v) is 7.49. The summed E-state index contributed by atoms with van der Waals surface area (Å²) in [6.45, 7) is 0. The van der Waals surface area contributed by atoms with Crippen molar-refractivity contribution < 1.29 is 8.78 Å². The molecule has 2 N–H and O–H groups in total. The van der Waals surface area contributed by atoms with Crippen LogP contribution in [0.1, 0.15) is 22.3 Å². The monoisotopic (exact) mass is 332 g/mol. The minimum Gasteiger partial charge on any atom is -0.383 e. The van der Waals surface area contributed by atoms with Crippen molar-refractivity contribution in [3.8, 4) is 0 Å². The van der Waals surface area contributed by atoms with Crippen molar-refractivity contribution in [1.82, 2.24) is 9.97 Å². The number of hydrogen-bond acceptors (Lipinski definition) is 4. The van der Waals surface area contributed by atoms with E-state index >= 15 is 0 Å². The van der Waals surface area contributed by atoms with Crippen molar-refractivity contribution in [2.24, 2.45) is 10.7 Å². The summed E-state index contributed by atoms with van der Waals surface area (Å²) in [7, 11) is 5.75. The number of aromatic nitrogens is 2. The highest BCUT2D eigenvalue weighted by Gasteiger charge is 2.44. The predicted octanol–water partition coefficient (Wildman–Crippen LogP) is 1.56. The van der Waals surface area contributed by atoms with Crippen LogP contribution in [0.15, 0.2) is 60.1 Å². The van der Waals surface area contributed by atoms with Crippen molar-refractivity contribution in [2.75, 3.05) is 0 Å². The molecule has 0 aliphatic carbocycles. The maximum Gasteiger partial charge on any atom is 0.142 e. The molecular weight excluding hydrogens is 321 g/mol. The van der Waals surface area contributed by atoms with Crippen LogP contribution in [0, 0.1) is 11.6 Å². The molecule has 0 bridgehead atoms. The van der Waals surface area contributed by atoms with E-state index < -0.39 is 17.2 Å². The van der Waals surface area contributed by atoms with Gasteiger partial charge in [-0.1, -0.05) is 29.7 Å². The molecule has 0 amide bonds. The Hall–Kier alpha value is -3.09. The second-order valence-electron chi connectivity index (χ2n) is 5.73. The van der Waals surface area contributed by atoms with E-state index in [2.05, 4.69) is 15.0 Å². The lowest BCUT2D eigenvalue weighted by Gasteiger charge is -2.28. The summed E-state index contributed by atoms with van der Waals surface area (Å²) in [4.78, 5) is 12.6. The molecule has 0 saturated heterocycles. The molecule has 1 aliphatic rings. The first-order valence-electron chi connectivity index (χ1n) is 7.49. The first-order chi connectivity index (χ1) is 12.0. The number of hydrogen-bond donors (Lipinski definition) is 1. The molecule has 2 aromatic carbocycles. The Kier molecular flexibility index (Phi) is 3.38. The molecule has 0 saturated carbocycles. The molecule has 4 nitrogen and oxygen atoms in total. The normalized spacial score (nSPS) is 18.7. The zero-order chi connectivity index (χ0) is 17.6. The smallest absolute Gasteiger partial charge is 0.142 e. The van der Waals surface area contributed by atoms with E-state index in [0.29, 0.717) is 16.7 Å². The number of benzene rings is 2. The maximum atomic E-state index is 14.4. The van der Waals surface area contributed by atoms with Gasteiger partial charge in [0, 0.05) is 23.5 Å². The molecule has 1 aromatic heterocycles. The Morgan fingerprint density at radius 3 is 2.44 bits per heavy atom. The summed E-state index contributed by atoms with van der Waals surface area (Å²) in [6, 6.07) is 8.90. The molecule has 4 rings (SSSR count). The van der Waals surface area contributed by atoms with Crippen molar-refractivity contribution in [3.05, 3.63) is 89.0 Å². The van der Waals surface area contributed by atoms with E-state index in [4.69, 9.17) is 13.6 Å². The lowest BCUT2D eigenvalue weighted by atomic mass is 9.77. The molecule has 1 aliphatic heterocycles. The number of halogens is 2. The van der Waals surface area contributed by atoms with Crippen LogP contribution in [0.4, 0.5) is 8.78 Å². The summed E-state index contributed by atoms with van der Waals surface area (Å²) < 4.78 is 28.1. The van der Waals surface area contributed by atoms with Gasteiger partial charge in [0.15, 0.2) is 0 Å². The van der Waals surface area contributed by atoms with Gasteiger partial charge in [-0.2, -0.15) is 0 Å². The second kappa shape index (κ2) is 5.48. The van der Waals surface area contributed by atoms with E-state index in [9.17, 15) is 8.78 Å². The molecule has 0 spiro atoms. The molecule has 0 fully saturated rings. The molecule has 25 heavy (non-hydrogen) atoms. The van der Waals surface area contributed by atoms with E-state index in [-0.39, 0.29) is 16.9 Å². The average Bonchev–Trinajstić information content (AvgIpc) is 2.93. The minimum absolute atomic E-state index is 0.0349. The highest BCUT2D eigenvalue weighted by atomic mass is 19.1. The van der Waals surface area contributed by atoms with Gasteiger partial charge < -0.3 is 5.73 Å². The van der Waals surface area contributed by atoms with E-state index in [1.807, 2.05) is 0 Å². The molecule has 2 radical (unpaired) electrons. The van der Waals surface area contributed by atoms with Gasteiger partial charge in [-0.15, -0.1) is 0 Å². The highest BCUT2D eigenvalue weighted by Crippen LogP contribution is 2.45. The van der Waals surface area contributed by atoms with Crippen LogP contribution in [-0.2, 0) is 5.54 Å². The Morgan fingerprint density at radius 1 is 0.960 bits per heavy atom. The highest BCUT2D eigenvalue weighted by molar-refractivity contribution is 6.32. The summed E-state index contributed by atoms with van der Waals surface area (Å²) in [5, 5.41) is 0. The van der Waals surface area contributed by atoms with E-state index in [1.54, 1.807) is 30.6 Å². The van der Waals surface area contributed by atoms with Crippen LogP contribution in [0.25, 0.3) is 0 Å². The van der Waals surface area contributed by atoms with Crippen LogP contribution in [-0.4, -0.2) is 23.6 Å². The number of fused-ring (bicyclic) bond motifs is 1. The van der Waals surface area contributed by atoms with Crippen molar-refractivity contribution >= 4 is 19.1 Å². The predicted molar refractivity (Wildman–Crippen MR) is 90.8 cm³/mol. The summed E-state index contributed by atoms with van der Waals surface area (Å²) >= 11 is 0. The molecule has 2 heterocycles. The molecule has 3 aromatic rings. The third kappa shape index (κ3) is 2.16. The van der Waals surface area contributed by atoms with Gasteiger partial charge in [0.25, 0.3) is 0 Å². The van der Waals surface area contributed by atoms with Gasteiger partial charge in [0.05, 0.1) is 5.56 Å². The summed E-state index contributed by atoms with van der Waals surface area (Å²) in [5.41, 5.74) is 6.68. The Balaban J connectivity index is 2.10. The van der Waals surface area contributed by atoms with Crippen LogP contribution >= 0.6 is 0 Å². The Bertz CT molecular complexity index is 1010. The largest absolute Gasteiger partial charge is 0.383 e. The van der Waals surface area contributed by atoms with Crippen LogP contribution in [0.2, 0.25) is 0 Å². The Labute approximate surface area is 143 Å². The standard InChI is InChI=1S/C18H11BF2N4/c19-13-6-10(4-5-14(13)20)18(11-7-23-9-24-8-11)12-2-1-3-15(21)16(12)17(22)25-18/h1-9H,(H2,22,25). The van der Waals surface area contributed by atoms with E-state index in [0.717, 1.165) is 0 Å². The minimum atomic E-state index is -1.19. The zero-order valence-electron chi connectivity index (χ0n) is 12.9. The van der Waals surface area contributed by atoms with Gasteiger partial charge in [-0.05, 0) is 17.7 Å². The Morgan fingerprint density at radius 2 is 1.72 bits per heavy atom. The van der Waals surface area contributed by atoms with Gasteiger partial charge >= 0.3 is 0 Å². The van der Waals surface area contributed by atoms with Gasteiger partial charge in [0.1, 0.15) is 37.2 Å². The fourth-order valence-electron chi connectivity index (χ4n) is 3.24. The van der Waals surface area contributed by atoms with Crippen LogP contribution in [0.5, 0.6) is 0 Å². The third-order valence-corrected chi connectivity index (χ3v) is 4.34. The van der Waals surface area contributed by atoms with Crippen molar-refractivity contribution in [3.63, 3.8) is 0 Å². The molecular formula is C18H11BF2N4. The number of nitrogens with two attached hydrogens (primary N) is 1. The zero-order valence-corrected chi connectivity index (χ0v) is 12.9. The first kappa shape index (κ1) is 15.4. The molecule has 7 heteroatoms.